The van der Waals surface area contributed by atoms with E-state index in [1.54, 1.807) is 30.4 Å². The van der Waals surface area contributed by atoms with Crippen molar-refractivity contribution in [2.75, 3.05) is 5.75 Å². The number of hydrogen-bond acceptors (Lipinski definition) is 6. The Hall–Kier alpha value is -2.05. The number of furan rings is 1. The van der Waals surface area contributed by atoms with Crippen molar-refractivity contribution in [3.63, 3.8) is 0 Å². The fraction of sp³-hybridized carbons (Fsp3) is 0.200. The maximum Gasteiger partial charge on any atom is 0.236 e. The van der Waals surface area contributed by atoms with Crippen molar-refractivity contribution in [2.45, 2.75) is 11.9 Å². The molecule has 21 heavy (non-hydrogen) atoms. The van der Waals surface area contributed by atoms with Crippen LogP contribution >= 0.6 is 11.8 Å². The molecule has 5 nitrogen and oxygen atoms in total. The highest BCUT2D eigenvalue weighted by atomic mass is 32.2. The van der Waals surface area contributed by atoms with Crippen LogP contribution in [0.1, 0.15) is 17.6 Å². The highest BCUT2D eigenvalue weighted by Crippen LogP contribution is 2.22. The number of thioether (sulfide) groups is 1. The summed E-state index contributed by atoms with van der Waals surface area (Å²) in [6.45, 7) is 0. The van der Waals surface area contributed by atoms with E-state index >= 15 is 0 Å². The van der Waals surface area contributed by atoms with Crippen molar-refractivity contribution in [1.29, 1.82) is 0 Å². The maximum absolute atomic E-state index is 10.1. The Kier molecular flexibility index (Phi) is 4.37. The largest absolute Gasteiger partial charge is 0.472 e. The quantitative estimate of drug-likeness (QED) is 0.753. The first-order valence-corrected chi connectivity index (χ1v) is 7.64. The van der Waals surface area contributed by atoms with E-state index in [0.717, 1.165) is 11.1 Å². The molecule has 0 saturated carbocycles. The highest BCUT2D eigenvalue weighted by Gasteiger charge is 2.11. The van der Waals surface area contributed by atoms with Crippen LogP contribution < -0.4 is 0 Å². The summed E-state index contributed by atoms with van der Waals surface area (Å²) < 4.78 is 10.2. The van der Waals surface area contributed by atoms with Crippen LogP contribution in [-0.2, 0) is 5.75 Å². The average molecular weight is 302 g/mol. The van der Waals surface area contributed by atoms with Gasteiger partial charge in [0.05, 0.1) is 23.7 Å². The minimum Gasteiger partial charge on any atom is -0.472 e. The van der Waals surface area contributed by atoms with Crippen LogP contribution in [0.25, 0.3) is 11.4 Å². The van der Waals surface area contributed by atoms with Crippen molar-refractivity contribution in [2.24, 2.45) is 0 Å². The second-order valence-corrected chi connectivity index (χ2v) is 5.50. The van der Waals surface area contributed by atoms with Gasteiger partial charge in [0.1, 0.15) is 6.26 Å². The van der Waals surface area contributed by atoms with Crippen LogP contribution in [0.2, 0.25) is 0 Å². The first-order chi connectivity index (χ1) is 10.3. The van der Waals surface area contributed by atoms with Gasteiger partial charge < -0.3 is 14.0 Å². The van der Waals surface area contributed by atoms with Crippen LogP contribution in [0.4, 0.5) is 0 Å². The van der Waals surface area contributed by atoms with Crippen molar-refractivity contribution in [1.82, 2.24) is 10.1 Å². The van der Waals surface area contributed by atoms with Crippen LogP contribution in [-0.4, -0.2) is 21.0 Å². The van der Waals surface area contributed by atoms with E-state index < -0.39 is 6.10 Å². The fourth-order valence-electron chi connectivity index (χ4n) is 1.85. The lowest BCUT2D eigenvalue weighted by molar-refractivity contribution is 0.204. The molecule has 3 aromatic rings. The smallest absolute Gasteiger partial charge is 0.236 e. The monoisotopic (exact) mass is 302 g/mol. The molecule has 3 rings (SSSR count). The van der Waals surface area contributed by atoms with Gasteiger partial charge in [-0.1, -0.05) is 35.5 Å². The van der Waals surface area contributed by atoms with Gasteiger partial charge in [0, 0.05) is 5.75 Å². The zero-order valence-corrected chi connectivity index (χ0v) is 12.0. The molecule has 1 N–H and O–H groups in total. The summed E-state index contributed by atoms with van der Waals surface area (Å²) in [5, 5.41) is 13.9. The third-order valence-electron chi connectivity index (χ3n) is 2.93. The fourth-order valence-corrected chi connectivity index (χ4v) is 2.68. The van der Waals surface area contributed by atoms with Gasteiger partial charge in [-0.3, -0.25) is 0 Å². The lowest BCUT2D eigenvalue weighted by atomic mass is 10.1. The number of rotatable bonds is 6. The second-order valence-electron chi connectivity index (χ2n) is 4.47. The Bertz CT molecular complexity index is 667. The van der Waals surface area contributed by atoms with Crippen molar-refractivity contribution >= 4 is 11.8 Å². The van der Waals surface area contributed by atoms with Gasteiger partial charge in [0.25, 0.3) is 0 Å². The molecule has 0 aliphatic carbocycles. The SMILES string of the molecule is O[C@@H](CSCc1nc(-c2ccoc2)no1)c1ccccc1. The van der Waals surface area contributed by atoms with Gasteiger partial charge in [0.15, 0.2) is 0 Å². The number of aromatic nitrogens is 2. The predicted molar refractivity (Wildman–Crippen MR) is 79.6 cm³/mol. The Morgan fingerprint density at radius 1 is 1.19 bits per heavy atom. The lowest BCUT2D eigenvalue weighted by Gasteiger charge is -2.09. The van der Waals surface area contributed by atoms with Crippen LogP contribution in [0, 0.1) is 0 Å². The first kappa shape index (κ1) is 13.9. The van der Waals surface area contributed by atoms with Crippen molar-refractivity contribution in [3.05, 3.63) is 60.4 Å². The number of aliphatic hydroxyl groups is 1. The molecule has 0 aliphatic heterocycles. The minimum atomic E-state index is -0.493. The zero-order valence-electron chi connectivity index (χ0n) is 11.2. The topological polar surface area (TPSA) is 72.3 Å². The standard InChI is InChI=1S/C15H14N2O3S/c18-13(11-4-2-1-3-5-11)9-21-10-14-16-15(17-20-14)12-6-7-19-8-12/h1-8,13,18H,9-10H2/t13-/m0/s1. The van der Waals surface area contributed by atoms with Gasteiger partial charge in [-0.05, 0) is 11.6 Å². The van der Waals surface area contributed by atoms with E-state index in [-0.39, 0.29) is 0 Å². The summed E-state index contributed by atoms with van der Waals surface area (Å²) in [5.74, 6) is 2.20. The minimum absolute atomic E-state index is 0.493. The van der Waals surface area contributed by atoms with Crippen molar-refractivity contribution < 1.29 is 14.0 Å². The Morgan fingerprint density at radius 2 is 2.05 bits per heavy atom. The summed E-state index contributed by atoms with van der Waals surface area (Å²) in [6.07, 6.45) is 2.64. The van der Waals surface area contributed by atoms with E-state index in [2.05, 4.69) is 10.1 Å². The van der Waals surface area contributed by atoms with E-state index in [4.69, 9.17) is 8.94 Å². The summed E-state index contributed by atoms with van der Waals surface area (Å²) in [7, 11) is 0. The molecule has 2 heterocycles. The number of aliphatic hydroxyl groups excluding tert-OH is 1. The molecule has 0 unspecified atom stereocenters. The molecular formula is C15H14N2O3S. The lowest BCUT2D eigenvalue weighted by Crippen LogP contribution is -2.00. The molecule has 1 aromatic carbocycles. The third-order valence-corrected chi connectivity index (χ3v) is 3.94. The van der Waals surface area contributed by atoms with Crippen LogP contribution in [0.5, 0.6) is 0 Å². The van der Waals surface area contributed by atoms with Gasteiger partial charge in [-0.15, -0.1) is 11.8 Å². The number of nitrogens with zero attached hydrogens (tertiary/aromatic N) is 2. The summed E-state index contributed by atoms with van der Waals surface area (Å²) in [4.78, 5) is 4.28. The summed E-state index contributed by atoms with van der Waals surface area (Å²) >= 11 is 1.55. The first-order valence-electron chi connectivity index (χ1n) is 6.49. The molecule has 0 bridgehead atoms. The average Bonchev–Trinajstić information content (AvgIpc) is 3.19. The van der Waals surface area contributed by atoms with Crippen molar-refractivity contribution in [3.8, 4) is 11.4 Å². The summed E-state index contributed by atoms with van der Waals surface area (Å²) in [6, 6.07) is 11.4. The van der Waals surface area contributed by atoms with Crippen LogP contribution in [0.15, 0.2) is 57.9 Å². The molecule has 0 amide bonds. The normalized spacial score (nSPS) is 12.4. The molecule has 0 radical (unpaired) electrons. The number of hydrogen-bond donors (Lipinski definition) is 1. The summed E-state index contributed by atoms with van der Waals surface area (Å²) in [5.41, 5.74) is 1.70. The highest BCUT2D eigenvalue weighted by molar-refractivity contribution is 7.98. The molecule has 6 heteroatoms. The molecule has 2 aromatic heterocycles. The Labute approximate surface area is 126 Å². The van der Waals surface area contributed by atoms with Gasteiger partial charge in [-0.25, -0.2) is 0 Å². The number of benzene rings is 1. The second kappa shape index (κ2) is 6.60. The predicted octanol–water partition coefficient (Wildman–Crippen LogP) is 3.30. The van der Waals surface area contributed by atoms with E-state index in [1.807, 2.05) is 30.3 Å². The molecule has 1 atom stereocenters. The molecule has 0 fully saturated rings. The maximum atomic E-state index is 10.1. The van der Waals surface area contributed by atoms with Gasteiger partial charge in [-0.2, -0.15) is 4.98 Å². The Balaban J connectivity index is 1.52. The van der Waals surface area contributed by atoms with E-state index in [1.165, 1.54) is 0 Å². The molecule has 0 spiro atoms. The van der Waals surface area contributed by atoms with E-state index in [0.29, 0.717) is 23.2 Å². The van der Waals surface area contributed by atoms with Gasteiger partial charge >= 0.3 is 0 Å². The van der Waals surface area contributed by atoms with Gasteiger partial charge in [0.2, 0.25) is 11.7 Å². The van der Waals surface area contributed by atoms with Crippen LogP contribution in [0.3, 0.4) is 0 Å². The molecular weight excluding hydrogens is 288 g/mol. The zero-order chi connectivity index (χ0) is 14.5. The van der Waals surface area contributed by atoms with E-state index in [9.17, 15) is 5.11 Å². The molecule has 108 valence electrons. The Morgan fingerprint density at radius 3 is 2.81 bits per heavy atom. The molecule has 0 saturated heterocycles. The molecule has 0 aliphatic rings. The third kappa shape index (κ3) is 3.53.